The largest absolute Gasteiger partial charge is 0.462 e. The second-order valence-corrected chi connectivity index (χ2v) is 10.8. The minimum Gasteiger partial charge on any atom is -0.462 e. The fourth-order valence-electron chi connectivity index (χ4n) is 3.75. The number of carbonyl (C=O) groups excluding carboxylic acids is 2. The van der Waals surface area contributed by atoms with Crippen molar-refractivity contribution in [1.29, 1.82) is 0 Å². The summed E-state index contributed by atoms with van der Waals surface area (Å²) in [5.74, 6) is 0.296. The van der Waals surface area contributed by atoms with Crippen LogP contribution in [0.1, 0.15) is 54.4 Å². The van der Waals surface area contributed by atoms with Gasteiger partial charge in [0.25, 0.3) is 0 Å². The molecule has 1 atom stereocenters. The molecule has 1 unspecified atom stereocenters. The molecule has 0 saturated heterocycles. The molecule has 1 amide bonds. The number of nitrogens with zero attached hydrogens (tertiary/aromatic N) is 3. The summed E-state index contributed by atoms with van der Waals surface area (Å²) in [6, 6.07) is 4.00. The lowest BCUT2D eigenvalue weighted by Gasteiger charge is -2.14. The molecule has 10 heteroatoms. The molecule has 0 fully saturated rings. The third-order valence-corrected chi connectivity index (χ3v) is 8.47. The maximum absolute atomic E-state index is 13.1. The van der Waals surface area contributed by atoms with Gasteiger partial charge in [0.1, 0.15) is 5.00 Å². The number of amides is 1. The lowest BCUT2D eigenvalue weighted by Crippen LogP contribution is -2.24. The van der Waals surface area contributed by atoms with Crippen LogP contribution in [0.15, 0.2) is 22.7 Å². The number of nitrogens with one attached hydrogen (secondary N) is 1. The Morgan fingerprint density at radius 2 is 2.09 bits per heavy atom. The van der Waals surface area contributed by atoms with E-state index in [1.165, 1.54) is 28.0 Å². The summed E-state index contributed by atoms with van der Waals surface area (Å²) in [7, 11) is 0. The van der Waals surface area contributed by atoms with E-state index in [-0.39, 0.29) is 11.9 Å². The molecular formula is C22H26N4O3S3. The fourth-order valence-corrected chi connectivity index (χ4v) is 6.66. The van der Waals surface area contributed by atoms with E-state index in [1.54, 1.807) is 18.3 Å². The Balaban J connectivity index is 1.53. The number of thiophene rings is 2. The minimum absolute atomic E-state index is 0.164. The predicted molar refractivity (Wildman–Crippen MR) is 130 cm³/mol. The number of fused-ring (bicyclic) bond motifs is 1. The first-order chi connectivity index (χ1) is 15.5. The number of anilines is 1. The standard InChI is InChI=1S/C22H26N4O3S3/c1-4-26-18(16-11-8-12-30-16)24-25-22(26)31-13(3)19(27)23-20-17(21(28)29-5-2)14-9-6-7-10-15(14)32-20/h8,11-13H,4-7,9-10H2,1-3H3,(H,23,27). The third-order valence-electron chi connectivity index (χ3n) is 5.31. The van der Waals surface area contributed by atoms with E-state index in [9.17, 15) is 9.59 Å². The number of esters is 1. The molecule has 3 aromatic heterocycles. The third kappa shape index (κ3) is 4.62. The lowest BCUT2D eigenvalue weighted by atomic mass is 9.95. The van der Waals surface area contributed by atoms with Crippen molar-refractivity contribution in [2.75, 3.05) is 11.9 Å². The predicted octanol–water partition coefficient (Wildman–Crippen LogP) is 5.26. The number of rotatable bonds is 8. The van der Waals surface area contributed by atoms with Gasteiger partial charge in [0, 0.05) is 11.4 Å². The maximum Gasteiger partial charge on any atom is 0.341 e. The van der Waals surface area contributed by atoms with Crippen molar-refractivity contribution in [2.24, 2.45) is 0 Å². The molecule has 7 nitrogen and oxygen atoms in total. The first-order valence-electron chi connectivity index (χ1n) is 10.8. The van der Waals surface area contributed by atoms with E-state index in [2.05, 4.69) is 15.5 Å². The average Bonchev–Trinajstić information content (AvgIpc) is 3.51. The zero-order chi connectivity index (χ0) is 22.7. The SMILES string of the molecule is CCOC(=O)c1c(NC(=O)C(C)Sc2nnc(-c3cccs3)n2CC)sc2c1CCCC2. The molecule has 170 valence electrons. The van der Waals surface area contributed by atoms with Gasteiger partial charge in [-0.3, -0.25) is 4.79 Å². The molecule has 0 aliphatic heterocycles. The van der Waals surface area contributed by atoms with Crippen LogP contribution in [0, 0.1) is 0 Å². The van der Waals surface area contributed by atoms with Crippen molar-refractivity contribution in [3.05, 3.63) is 33.5 Å². The molecule has 3 heterocycles. The maximum atomic E-state index is 13.1. The summed E-state index contributed by atoms with van der Waals surface area (Å²) in [4.78, 5) is 27.9. The van der Waals surface area contributed by atoms with Crippen LogP contribution in [0.4, 0.5) is 5.00 Å². The Kier molecular flexibility index (Phi) is 7.32. The van der Waals surface area contributed by atoms with Gasteiger partial charge in [0.15, 0.2) is 11.0 Å². The summed E-state index contributed by atoms with van der Waals surface area (Å²) >= 11 is 4.49. The number of aromatic nitrogens is 3. The van der Waals surface area contributed by atoms with E-state index in [1.807, 2.05) is 35.9 Å². The van der Waals surface area contributed by atoms with Crippen LogP contribution in [0.5, 0.6) is 0 Å². The highest BCUT2D eigenvalue weighted by molar-refractivity contribution is 8.00. The first kappa shape index (κ1) is 23.0. The summed E-state index contributed by atoms with van der Waals surface area (Å²) in [6.07, 6.45) is 3.95. The van der Waals surface area contributed by atoms with E-state index in [0.717, 1.165) is 41.9 Å². The molecule has 32 heavy (non-hydrogen) atoms. The average molecular weight is 491 g/mol. The van der Waals surface area contributed by atoms with Crippen LogP contribution >= 0.6 is 34.4 Å². The Bertz CT molecular complexity index is 1100. The molecule has 0 radical (unpaired) electrons. The van der Waals surface area contributed by atoms with Crippen molar-refractivity contribution in [3.8, 4) is 10.7 Å². The molecule has 0 spiro atoms. The summed E-state index contributed by atoms with van der Waals surface area (Å²) in [6.45, 7) is 6.69. The minimum atomic E-state index is -0.408. The Labute approximate surface area is 199 Å². The topological polar surface area (TPSA) is 86.1 Å². The van der Waals surface area contributed by atoms with Crippen LogP contribution in [0.25, 0.3) is 10.7 Å². The van der Waals surface area contributed by atoms with Gasteiger partial charge in [-0.25, -0.2) is 4.79 Å². The van der Waals surface area contributed by atoms with Crippen LogP contribution in [0.2, 0.25) is 0 Å². The van der Waals surface area contributed by atoms with Crippen molar-refractivity contribution in [2.45, 2.75) is 63.4 Å². The fraction of sp³-hybridized carbons (Fsp3) is 0.455. The Morgan fingerprint density at radius 3 is 2.81 bits per heavy atom. The highest BCUT2D eigenvalue weighted by atomic mass is 32.2. The van der Waals surface area contributed by atoms with Gasteiger partial charge < -0.3 is 14.6 Å². The van der Waals surface area contributed by atoms with Crippen molar-refractivity contribution >= 4 is 51.3 Å². The van der Waals surface area contributed by atoms with E-state index < -0.39 is 5.25 Å². The highest BCUT2D eigenvalue weighted by Gasteiger charge is 2.29. The van der Waals surface area contributed by atoms with Crippen LogP contribution in [0.3, 0.4) is 0 Å². The van der Waals surface area contributed by atoms with E-state index >= 15 is 0 Å². The summed E-state index contributed by atoms with van der Waals surface area (Å²) in [5.41, 5.74) is 1.58. The molecule has 0 aromatic carbocycles. The van der Waals surface area contributed by atoms with Gasteiger partial charge in [-0.05, 0) is 63.5 Å². The van der Waals surface area contributed by atoms with Crippen LogP contribution in [-0.2, 0) is 28.9 Å². The quantitative estimate of drug-likeness (QED) is 0.342. The first-order valence-corrected chi connectivity index (χ1v) is 13.4. The van der Waals surface area contributed by atoms with Gasteiger partial charge in [0.05, 0.1) is 22.3 Å². The van der Waals surface area contributed by atoms with Crippen LogP contribution < -0.4 is 5.32 Å². The van der Waals surface area contributed by atoms with Crippen molar-refractivity contribution < 1.29 is 14.3 Å². The zero-order valence-electron chi connectivity index (χ0n) is 18.3. The number of thioether (sulfide) groups is 1. The Hall–Kier alpha value is -2.17. The normalized spacial score (nSPS) is 14.1. The second kappa shape index (κ2) is 10.2. The molecule has 1 aliphatic carbocycles. The molecule has 0 saturated carbocycles. The molecule has 0 bridgehead atoms. The highest BCUT2D eigenvalue weighted by Crippen LogP contribution is 2.39. The van der Waals surface area contributed by atoms with E-state index in [0.29, 0.717) is 28.9 Å². The summed E-state index contributed by atoms with van der Waals surface area (Å²) in [5, 5.41) is 14.6. The van der Waals surface area contributed by atoms with Gasteiger partial charge in [0.2, 0.25) is 5.91 Å². The number of hydrogen-bond donors (Lipinski definition) is 1. The number of ether oxygens (including phenoxy) is 1. The molecule has 1 aliphatic rings. The monoisotopic (exact) mass is 490 g/mol. The Morgan fingerprint density at radius 1 is 1.28 bits per heavy atom. The number of aryl methyl sites for hydroxylation is 1. The lowest BCUT2D eigenvalue weighted by molar-refractivity contribution is -0.115. The molecule has 1 N–H and O–H groups in total. The zero-order valence-corrected chi connectivity index (χ0v) is 20.8. The molecule has 3 aromatic rings. The summed E-state index contributed by atoms with van der Waals surface area (Å²) < 4.78 is 7.31. The van der Waals surface area contributed by atoms with Gasteiger partial charge in [-0.2, -0.15) is 0 Å². The van der Waals surface area contributed by atoms with Crippen LogP contribution in [-0.4, -0.2) is 38.5 Å². The smallest absolute Gasteiger partial charge is 0.341 e. The molecular weight excluding hydrogens is 464 g/mol. The number of hydrogen-bond acceptors (Lipinski definition) is 8. The van der Waals surface area contributed by atoms with Gasteiger partial charge >= 0.3 is 5.97 Å². The van der Waals surface area contributed by atoms with Crippen molar-refractivity contribution in [3.63, 3.8) is 0 Å². The molecule has 4 rings (SSSR count). The van der Waals surface area contributed by atoms with Gasteiger partial charge in [-0.15, -0.1) is 32.9 Å². The number of carbonyl (C=O) groups is 2. The second-order valence-electron chi connectivity index (χ2n) is 7.41. The van der Waals surface area contributed by atoms with Gasteiger partial charge in [-0.1, -0.05) is 17.8 Å². The van der Waals surface area contributed by atoms with Crippen molar-refractivity contribution in [1.82, 2.24) is 14.8 Å². The van der Waals surface area contributed by atoms with E-state index in [4.69, 9.17) is 4.74 Å².